The summed E-state index contributed by atoms with van der Waals surface area (Å²) in [5, 5.41) is 13.2. The minimum absolute atomic E-state index is 0.210. The van der Waals surface area contributed by atoms with E-state index in [1.165, 1.54) is 0 Å². The minimum atomic E-state index is -0.743. The number of benzene rings is 1. The monoisotopic (exact) mass is 284 g/mol. The van der Waals surface area contributed by atoms with Crippen LogP contribution in [0.3, 0.4) is 0 Å². The molecular formula is C15H22F2N2O. The fourth-order valence-corrected chi connectivity index (χ4v) is 2.79. The molecule has 1 fully saturated rings. The van der Waals surface area contributed by atoms with Crippen LogP contribution in [0.25, 0.3) is 0 Å². The van der Waals surface area contributed by atoms with Crippen LogP contribution in [0.2, 0.25) is 0 Å². The van der Waals surface area contributed by atoms with Gasteiger partial charge in [-0.15, -0.1) is 0 Å². The molecule has 0 unspecified atom stereocenters. The normalized spacial score (nSPS) is 18.4. The molecule has 5 heteroatoms. The van der Waals surface area contributed by atoms with Crippen LogP contribution < -0.4 is 5.32 Å². The highest BCUT2D eigenvalue weighted by Gasteiger charge is 2.28. The van der Waals surface area contributed by atoms with Crippen LogP contribution in [0.5, 0.6) is 5.75 Å². The summed E-state index contributed by atoms with van der Waals surface area (Å²) in [6.45, 7) is 7.42. The fraction of sp³-hybridized carbons (Fsp3) is 0.600. The molecule has 3 nitrogen and oxygen atoms in total. The Labute approximate surface area is 118 Å². The number of aromatic hydroxyl groups is 1. The molecule has 0 bridgehead atoms. The largest absolute Gasteiger partial charge is 0.507 e. The third-order valence-electron chi connectivity index (χ3n) is 3.69. The van der Waals surface area contributed by atoms with Gasteiger partial charge in [-0.1, -0.05) is 13.8 Å². The van der Waals surface area contributed by atoms with Gasteiger partial charge in [-0.05, 0) is 12.3 Å². The Bertz CT molecular complexity index is 436. The predicted molar refractivity (Wildman–Crippen MR) is 74.7 cm³/mol. The van der Waals surface area contributed by atoms with E-state index >= 15 is 0 Å². The molecule has 0 amide bonds. The molecule has 1 aromatic rings. The van der Waals surface area contributed by atoms with E-state index in [9.17, 15) is 13.9 Å². The van der Waals surface area contributed by atoms with E-state index in [-0.39, 0.29) is 17.4 Å². The highest BCUT2D eigenvalue weighted by molar-refractivity contribution is 5.37. The Balaban J connectivity index is 2.35. The second-order valence-electron chi connectivity index (χ2n) is 5.75. The smallest absolute Gasteiger partial charge is 0.134 e. The van der Waals surface area contributed by atoms with Gasteiger partial charge in [-0.3, -0.25) is 4.90 Å². The molecule has 1 aliphatic rings. The van der Waals surface area contributed by atoms with Crippen LogP contribution in [-0.2, 0) is 0 Å². The number of piperazine rings is 1. The Morgan fingerprint density at radius 2 is 1.90 bits per heavy atom. The van der Waals surface area contributed by atoms with E-state index in [4.69, 9.17) is 0 Å². The molecule has 1 heterocycles. The zero-order valence-electron chi connectivity index (χ0n) is 12.0. The van der Waals surface area contributed by atoms with Crippen molar-refractivity contribution in [3.63, 3.8) is 0 Å². The van der Waals surface area contributed by atoms with Crippen molar-refractivity contribution in [2.24, 2.45) is 5.92 Å². The summed E-state index contributed by atoms with van der Waals surface area (Å²) in [5.41, 5.74) is 0.224. The molecule has 1 aromatic carbocycles. The van der Waals surface area contributed by atoms with Crippen molar-refractivity contribution < 1.29 is 13.9 Å². The van der Waals surface area contributed by atoms with Crippen molar-refractivity contribution in [2.75, 3.05) is 26.2 Å². The van der Waals surface area contributed by atoms with Crippen molar-refractivity contribution in [1.82, 2.24) is 10.2 Å². The van der Waals surface area contributed by atoms with Crippen LogP contribution in [0.1, 0.15) is 31.9 Å². The van der Waals surface area contributed by atoms with Crippen LogP contribution in [-0.4, -0.2) is 36.2 Å². The molecule has 1 saturated heterocycles. The molecule has 0 aliphatic carbocycles. The molecule has 0 spiro atoms. The number of nitrogens with one attached hydrogen (secondary N) is 1. The summed E-state index contributed by atoms with van der Waals surface area (Å²) in [4.78, 5) is 2.16. The summed E-state index contributed by atoms with van der Waals surface area (Å²) >= 11 is 0. The first kappa shape index (κ1) is 15.2. The summed E-state index contributed by atoms with van der Waals surface area (Å²) in [6.07, 6.45) is 0.732. The van der Waals surface area contributed by atoms with Gasteiger partial charge in [0.1, 0.15) is 17.4 Å². The number of rotatable bonds is 4. The van der Waals surface area contributed by atoms with Crippen LogP contribution in [0.4, 0.5) is 8.78 Å². The molecule has 0 radical (unpaired) electrons. The maximum absolute atomic E-state index is 14.1. The standard InChI is InChI=1S/C15H22F2N2O/c1-10(2)7-13(19-5-3-18-4-6-19)15-12(17)8-11(16)9-14(15)20/h8-10,13,18,20H,3-7H2,1-2H3/t13-/m1/s1. The quantitative estimate of drug-likeness (QED) is 0.892. The molecule has 2 N–H and O–H groups in total. The molecule has 112 valence electrons. The molecular weight excluding hydrogens is 262 g/mol. The van der Waals surface area contributed by atoms with Crippen molar-refractivity contribution in [1.29, 1.82) is 0 Å². The summed E-state index contributed by atoms with van der Waals surface area (Å²) in [6, 6.07) is 1.64. The van der Waals surface area contributed by atoms with Gasteiger partial charge in [0.05, 0.1) is 0 Å². The van der Waals surface area contributed by atoms with E-state index < -0.39 is 11.6 Å². The number of hydrogen-bond donors (Lipinski definition) is 2. The zero-order chi connectivity index (χ0) is 14.7. The van der Waals surface area contributed by atoms with Gasteiger partial charge >= 0.3 is 0 Å². The van der Waals surface area contributed by atoms with Crippen molar-refractivity contribution in [3.05, 3.63) is 29.3 Å². The van der Waals surface area contributed by atoms with Crippen molar-refractivity contribution in [3.8, 4) is 5.75 Å². The van der Waals surface area contributed by atoms with E-state index in [0.29, 0.717) is 5.92 Å². The molecule has 1 atom stereocenters. The number of nitrogens with zero attached hydrogens (tertiary/aromatic N) is 1. The SMILES string of the molecule is CC(C)C[C@H](c1c(O)cc(F)cc1F)N1CCNCC1. The highest BCUT2D eigenvalue weighted by Crippen LogP contribution is 2.36. The van der Waals surface area contributed by atoms with Gasteiger partial charge in [-0.2, -0.15) is 0 Å². The first-order valence-corrected chi connectivity index (χ1v) is 7.11. The maximum atomic E-state index is 14.1. The summed E-state index contributed by atoms with van der Waals surface area (Å²) in [7, 11) is 0. The Morgan fingerprint density at radius 3 is 2.45 bits per heavy atom. The second kappa shape index (κ2) is 6.50. The van der Waals surface area contributed by atoms with Gasteiger partial charge in [-0.25, -0.2) is 8.78 Å². The minimum Gasteiger partial charge on any atom is -0.507 e. The lowest BCUT2D eigenvalue weighted by Crippen LogP contribution is -2.45. The molecule has 0 aromatic heterocycles. The second-order valence-corrected chi connectivity index (χ2v) is 5.75. The predicted octanol–water partition coefficient (Wildman–Crippen LogP) is 2.66. The number of phenolic OH excluding ortho intramolecular Hbond substituents is 1. The third-order valence-corrected chi connectivity index (χ3v) is 3.69. The van der Waals surface area contributed by atoms with E-state index in [0.717, 1.165) is 44.7 Å². The Morgan fingerprint density at radius 1 is 1.25 bits per heavy atom. The van der Waals surface area contributed by atoms with Gasteiger partial charge in [0.2, 0.25) is 0 Å². The zero-order valence-corrected chi connectivity index (χ0v) is 12.0. The lowest BCUT2D eigenvalue weighted by Gasteiger charge is -2.36. The molecule has 2 rings (SSSR count). The average Bonchev–Trinajstić information content (AvgIpc) is 2.37. The number of halogens is 2. The van der Waals surface area contributed by atoms with Crippen molar-refractivity contribution in [2.45, 2.75) is 26.3 Å². The topological polar surface area (TPSA) is 35.5 Å². The lowest BCUT2D eigenvalue weighted by atomic mass is 9.94. The first-order chi connectivity index (χ1) is 9.49. The maximum Gasteiger partial charge on any atom is 0.134 e. The van der Waals surface area contributed by atoms with Crippen LogP contribution in [0.15, 0.2) is 12.1 Å². The van der Waals surface area contributed by atoms with Gasteiger partial charge in [0.15, 0.2) is 0 Å². The Hall–Kier alpha value is -1.20. The van der Waals surface area contributed by atoms with Crippen molar-refractivity contribution >= 4 is 0 Å². The third kappa shape index (κ3) is 3.46. The summed E-state index contributed by atoms with van der Waals surface area (Å²) in [5.74, 6) is -1.33. The van der Waals surface area contributed by atoms with Gasteiger partial charge < -0.3 is 10.4 Å². The molecule has 1 aliphatic heterocycles. The molecule has 0 saturated carbocycles. The number of hydrogen-bond acceptors (Lipinski definition) is 3. The fourth-order valence-electron chi connectivity index (χ4n) is 2.79. The van der Waals surface area contributed by atoms with E-state index in [1.807, 2.05) is 0 Å². The highest BCUT2D eigenvalue weighted by atomic mass is 19.1. The Kier molecular flexibility index (Phi) is 4.94. The number of phenols is 1. The van der Waals surface area contributed by atoms with Crippen LogP contribution >= 0.6 is 0 Å². The molecule has 20 heavy (non-hydrogen) atoms. The summed E-state index contributed by atoms with van der Waals surface area (Å²) < 4.78 is 27.3. The van der Waals surface area contributed by atoms with Gasteiger partial charge in [0, 0.05) is 49.9 Å². The van der Waals surface area contributed by atoms with E-state index in [1.54, 1.807) is 0 Å². The first-order valence-electron chi connectivity index (χ1n) is 7.11. The van der Waals surface area contributed by atoms with Gasteiger partial charge in [0.25, 0.3) is 0 Å². The average molecular weight is 284 g/mol. The lowest BCUT2D eigenvalue weighted by molar-refractivity contribution is 0.148. The van der Waals surface area contributed by atoms with E-state index in [2.05, 4.69) is 24.1 Å². The van der Waals surface area contributed by atoms with Crippen LogP contribution in [0, 0.1) is 17.6 Å².